The van der Waals surface area contributed by atoms with Crippen molar-refractivity contribution >= 4 is 33.4 Å². The average Bonchev–Trinajstić information content (AvgIpc) is 2.53. The average molecular weight is 351 g/mol. The van der Waals surface area contributed by atoms with Gasteiger partial charge >= 0.3 is 5.97 Å². The predicted molar refractivity (Wildman–Crippen MR) is 91.6 cm³/mol. The van der Waals surface area contributed by atoms with Crippen LogP contribution in [0.3, 0.4) is 0 Å². The summed E-state index contributed by atoms with van der Waals surface area (Å²) >= 11 is 1.50. The first-order valence-corrected chi connectivity index (χ1v) is 9.47. The summed E-state index contributed by atoms with van der Waals surface area (Å²) in [5, 5.41) is 9.12. The van der Waals surface area contributed by atoms with E-state index < -0.39 is 22.5 Å². The molecule has 0 radical (unpaired) electrons. The standard InChI is InChI=1S/C16H17NO4S2/c1-12-5-3-4-6-15(12)17(11-16(18)19)23(20,21)14-9-7-13(22-2)8-10-14/h3-10H,11H2,1-2H3,(H,18,19). The summed E-state index contributed by atoms with van der Waals surface area (Å²) in [5.74, 6) is -1.21. The molecule has 0 aliphatic heterocycles. The van der Waals surface area contributed by atoms with E-state index >= 15 is 0 Å². The Hall–Kier alpha value is -1.99. The highest BCUT2D eigenvalue weighted by Crippen LogP contribution is 2.27. The minimum absolute atomic E-state index is 0.0693. The molecular weight excluding hydrogens is 334 g/mol. The van der Waals surface area contributed by atoms with Crippen LogP contribution in [0.15, 0.2) is 58.3 Å². The highest BCUT2D eigenvalue weighted by molar-refractivity contribution is 7.98. The molecule has 0 amide bonds. The number of benzene rings is 2. The molecule has 0 aliphatic carbocycles. The summed E-state index contributed by atoms with van der Waals surface area (Å²) in [7, 11) is -3.95. The number of nitrogens with zero attached hydrogens (tertiary/aromatic N) is 1. The van der Waals surface area contributed by atoms with Crippen molar-refractivity contribution < 1.29 is 18.3 Å². The van der Waals surface area contributed by atoms with Crippen molar-refractivity contribution in [3.8, 4) is 0 Å². The Bertz CT molecular complexity index is 801. The number of carboxylic acid groups (broad SMARTS) is 1. The van der Waals surface area contributed by atoms with Crippen molar-refractivity contribution in [1.29, 1.82) is 0 Å². The van der Waals surface area contributed by atoms with Crippen LogP contribution in [-0.2, 0) is 14.8 Å². The normalized spacial score (nSPS) is 11.2. The largest absolute Gasteiger partial charge is 0.480 e. The van der Waals surface area contributed by atoms with Crippen LogP contribution < -0.4 is 4.31 Å². The van der Waals surface area contributed by atoms with E-state index in [1.807, 2.05) is 6.26 Å². The van der Waals surface area contributed by atoms with Gasteiger partial charge in [0.05, 0.1) is 10.6 Å². The SMILES string of the molecule is CSc1ccc(S(=O)(=O)N(CC(=O)O)c2ccccc2C)cc1. The van der Waals surface area contributed by atoms with Crippen molar-refractivity contribution in [3.63, 3.8) is 0 Å². The molecule has 2 aromatic carbocycles. The van der Waals surface area contributed by atoms with Crippen LogP contribution in [0.2, 0.25) is 0 Å². The number of sulfonamides is 1. The Morgan fingerprint density at radius 1 is 1.13 bits per heavy atom. The van der Waals surface area contributed by atoms with E-state index in [1.54, 1.807) is 43.3 Å². The Morgan fingerprint density at radius 3 is 2.26 bits per heavy atom. The summed E-state index contributed by atoms with van der Waals surface area (Å²) in [4.78, 5) is 12.2. The number of thioether (sulfide) groups is 1. The van der Waals surface area contributed by atoms with Crippen LogP contribution in [0, 0.1) is 6.92 Å². The first kappa shape index (κ1) is 17.4. The second-order valence-corrected chi connectivity index (χ2v) is 7.61. The van der Waals surface area contributed by atoms with Crippen molar-refractivity contribution in [3.05, 3.63) is 54.1 Å². The van der Waals surface area contributed by atoms with Gasteiger partial charge in [-0.3, -0.25) is 9.10 Å². The topological polar surface area (TPSA) is 74.7 Å². The maximum Gasteiger partial charge on any atom is 0.324 e. The van der Waals surface area contributed by atoms with Crippen LogP contribution in [0.1, 0.15) is 5.56 Å². The number of carboxylic acids is 1. The first-order valence-electron chi connectivity index (χ1n) is 6.80. The van der Waals surface area contributed by atoms with E-state index in [0.29, 0.717) is 11.3 Å². The number of aliphatic carboxylic acids is 1. The van der Waals surface area contributed by atoms with Crippen LogP contribution in [0.5, 0.6) is 0 Å². The van der Waals surface area contributed by atoms with Crippen LogP contribution >= 0.6 is 11.8 Å². The number of rotatable bonds is 6. The predicted octanol–water partition coefficient (Wildman–Crippen LogP) is 3.00. The van der Waals surface area contributed by atoms with E-state index in [-0.39, 0.29) is 4.90 Å². The van der Waals surface area contributed by atoms with Crippen molar-refractivity contribution in [2.45, 2.75) is 16.7 Å². The molecule has 7 heteroatoms. The van der Waals surface area contributed by atoms with Gasteiger partial charge in [-0.05, 0) is 49.1 Å². The Labute approximate surface area is 140 Å². The van der Waals surface area contributed by atoms with E-state index in [1.165, 1.54) is 23.9 Å². The molecule has 122 valence electrons. The summed E-state index contributed by atoms with van der Waals surface area (Å²) in [5.41, 5.74) is 1.06. The first-order chi connectivity index (χ1) is 10.9. The third kappa shape index (κ3) is 3.86. The Morgan fingerprint density at radius 2 is 1.74 bits per heavy atom. The van der Waals surface area contributed by atoms with Gasteiger partial charge in [0.1, 0.15) is 6.54 Å². The Balaban J connectivity index is 2.53. The van der Waals surface area contributed by atoms with E-state index in [9.17, 15) is 13.2 Å². The maximum atomic E-state index is 12.9. The lowest BCUT2D eigenvalue weighted by molar-refractivity contribution is -0.135. The summed E-state index contributed by atoms with van der Waals surface area (Å²) in [6, 6.07) is 13.2. The second-order valence-electron chi connectivity index (χ2n) is 4.87. The number of para-hydroxylation sites is 1. The minimum Gasteiger partial charge on any atom is -0.480 e. The van der Waals surface area contributed by atoms with E-state index in [4.69, 9.17) is 5.11 Å². The van der Waals surface area contributed by atoms with Gasteiger partial charge in [0.2, 0.25) is 0 Å². The minimum atomic E-state index is -3.95. The van der Waals surface area contributed by atoms with Crippen LogP contribution in [0.25, 0.3) is 0 Å². The van der Waals surface area contributed by atoms with Gasteiger partial charge in [-0.25, -0.2) is 8.42 Å². The molecule has 0 saturated carbocycles. The number of carbonyl (C=O) groups is 1. The molecule has 1 N–H and O–H groups in total. The molecule has 0 unspecified atom stereocenters. The van der Waals surface area contributed by atoms with E-state index in [2.05, 4.69) is 0 Å². The summed E-state index contributed by atoms with van der Waals surface area (Å²) in [6.07, 6.45) is 1.90. The molecule has 23 heavy (non-hydrogen) atoms. The molecule has 0 saturated heterocycles. The maximum absolute atomic E-state index is 12.9. The molecule has 0 aromatic heterocycles. The van der Waals surface area contributed by atoms with Gasteiger partial charge in [0.25, 0.3) is 10.0 Å². The molecule has 5 nitrogen and oxygen atoms in total. The number of hydrogen-bond donors (Lipinski definition) is 1. The third-order valence-electron chi connectivity index (χ3n) is 3.31. The Kier molecular flexibility index (Phi) is 5.33. The number of hydrogen-bond acceptors (Lipinski definition) is 4. The van der Waals surface area contributed by atoms with Crippen LogP contribution in [0.4, 0.5) is 5.69 Å². The van der Waals surface area contributed by atoms with Crippen molar-refractivity contribution in [1.82, 2.24) is 0 Å². The molecule has 2 aromatic rings. The van der Waals surface area contributed by atoms with Crippen LogP contribution in [-0.4, -0.2) is 32.3 Å². The fourth-order valence-electron chi connectivity index (χ4n) is 2.14. The number of aryl methyl sites for hydroxylation is 1. The molecule has 2 rings (SSSR count). The van der Waals surface area contributed by atoms with Gasteiger partial charge in [-0.15, -0.1) is 11.8 Å². The summed E-state index contributed by atoms with van der Waals surface area (Å²) < 4.78 is 26.7. The molecule has 0 aliphatic rings. The molecule has 0 fully saturated rings. The lowest BCUT2D eigenvalue weighted by atomic mass is 10.2. The lowest BCUT2D eigenvalue weighted by Crippen LogP contribution is -2.36. The van der Waals surface area contributed by atoms with Gasteiger partial charge in [0, 0.05) is 4.90 Å². The highest BCUT2D eigenvalue weighted by atomic mass is 32.2. The fourth-order valence-corrected chi connectivity index (χ4v) is 4.03. The van der Waals surface area contributed by atoms with Gasteiger partial charge < -0.3 is 5.11 Å². The zero-order chi connectivity index (χ0) is 17.0. The van der Waals surface area contributed by atoms with Gasteiger partial charge in [0.15, 0.2) is 0 Å². The third-order valence-corrected chi connectivity index (χ3v) is 5.83. The van der Waals surface area contributed by atoms with Crippen molar-refractivity contribution in [2.24, 2.45) is 0 Å². The molecule has 0 spiro atoms. The van der Waals surface area contributed by atoms with Gasteiger partial charge in [-0.1, -0.05) is 18.2 Å². The lowest BCUT2D eigenvalue weighted by Gasteiger charge is -2.24. The molecule has 0 heterocycles. The second kappa shape index (κ2) is 7.06. The molecular formula is C16H17NO4S2. The molecule has 0 bridgehead atoms. The zero-order valence-electron chi connectivity index (χ0n) is 12.8. The van der Waals surface area contributed by atoms with Gasteiger partial charge in [-0.2, -0.15) is 0 Å². The fraction of sp³-hybridized carbons (Fsp3) is 0.188. The highest BCUT2D eigenvalue weighted by Gasteiger charge is 2.27. The number of anilines is 1. The monoisotopic (exact) mass is 351 g/mol. The quantitative estimate of drug-likeness (QED) is 0.810. The summed E-state index contributed by atoms with van der Waals surface area (Å²) in [6.45, 7) is 1.12. The smallest absolute Gasteiger partial charge is 0.324 e. The molecule has 0 atom stereocenters. The van der Waals surface area contributed by atoms with Crippen molar-refractivity contribution in [2.75, 3.05) is 17.1 Å². The van der Waals surface area contributed by atoms with E-state index in [0.717, 1.165) is 9.20 Å². The zero-order valence-corrected chi connectivity index (χ0v) is 14.4.